The lowest BCUT2D eigenvalue weighted by atomic mass is 10.0. The molecule has 5 rings (SSSR count). The van der Waals surface area contributed by atoms with Crippen LogP contribution >= 0.6 is 11.6 Å². The number of hydrogen-bond donors (Lipinski definition) is 0. The smallest absolute Gasteiger partial charge is 0.270 e. The predicted molar refractivity (Wildman–Crippen MR) is 124 cm³/mol. The van der Waals surface area contributed by atoms with Crippen molar-refractivity contribution in [3.8, 4) is 0 Å². The van der Waals surface area contributed by atoms with Crippen LogP contribution in [0.15, 0.2) is 81.5 Å². The van der Waals surface area contributed by atoms with E-state index in [-0.39, 0.29) is 17.6 Å². The van der Waals surface area contributed by atoms with Crippen molar-refractivity contribution in [1.82, 2.24) is 14.6 Å². The van der Waals surface area contributed by atoms with Gasteiger partial charge in [-0.15, -0.1) is 0 Å². The molecule has 0 aliphatic carbocycles. The van der Waals surface area contributed by atoms with Gasteiger partial charge in [0.1, 0.15) is 18.3 Å². The molecule has 10 nitrogen and oxygen atoms in total. The topological polar surface area (TPSA) is 124 Å². The Morgan fingerprint density at radius 3 is 2.71 bits per heavy atom. The molecule has 4 aromatic rings. The Morgan fingerprint density at radius 1 is 1.21 bits per heavy atom. The van der Waals surface area contributed by atoms with Crippen LogP contribution in [0.5, 0.6) is 0 Å². The maximum Gasteiger partial charge on any atom is 0.270 e. The number of non-ortho nitro benzene ring substituents is 1. The number of carbonyl (C=O) groups is 1. The molecule has 34 heavy (non-hydrogen) atoms. The normalized spacial score (nSPS) is 15.5. The van der Waals surface area contributed by atoms with Crippen molar-refractivity contribution < 1.29 is 14.1 Å². The second-order valence-corrected chi connectivity index (χ2v) is 8.10. The molecule has 2 aromatic carbocycles. The summed E-state index contributed by atoms with van der Waals surface area (Å²) in [6.07, 6.45) is 3.18. The SMILES string of the molecule is O=C(Cn1cnc2ccc([N+](=O)[O-])cc2c1=O)N1N=C(c2ccc(Cl)cc2)C[C@H]1c1ccco1. The molecule has 1 aliphatic rings. The summed E-state index contributed by atoms with van der Waals surface area (Å²) in [5, 5.41) is 17.6. The van der Waals surface area contributed by atoms with Crippen LogP contribution in [0.2, 0.25) is 5.02 Å². The zero-order valence-electron chi connectivity index (χ0n) is 17.5. The molecular formula is C23H16ClN5O5. The summed E-state index contributed by atoms with van der Waals surface area (Å²) < 4.78 is 6.65. The highest BCUT2D eigenvalue weighted by Gasteiger charge is 2.35. The van der Waals surface area contributed by atoms with Gasteiger partial charge in [-0.2, -0.15) is 5.10 Å². The van der Waals surface area contributed by atoms with E-state index >= 15 is 0 Å². The number of fused-ring (bicyclic) bond motifs is 1. The minimum Gasteiger partial charge on any atom is -0.467 e. The second kappa shape index (κ2) is 8.56. The molecule has 0 fully saturated rings. The second-order valence-electron chi connectivity index (χ2n) is 7.66. The van der Waals surface area contributed by atoms with E-state index in [1.54, 1.807) is 24.3 Å². The van der Waals surface area contributed by atoms with Crippen LogP contribution in [-0.4, -0.2) is 31.1 Å². The summed E-state index contributed by atoms with van der Waals surface area (Å²) in [5.74, 6) is 0.0970. The largest absolute Gasteiger partial charge is 0.467 e. The Kier molecular flexibility index (Phi) is 5.42. The first-order valence-corrected chi connectivity index (χ1v) is 10.6. The minimum absolute atomic E-state index is 0.0545. The fourth-order valence-corrected chi connectivity index (χ4v) is 3.98. The summed E-state index contributed by atoms with van der Waals surface area (Å²) >= 11 is 5.99. The average molecular weight is 478 g/mol. The molecule has 11 heteroatoms. The summed E-state index contributed by atoms with van der Waals surface area (Å²) in [6.45, 7) is -0.348. The van der Waals surface area contributed by atoms with Gasteiger partial charge in [0.05, 0.1) is 34.1 Å². The Bertz CT molecular complexity index is 1490. The molecule has 0 saturated heterocycles. The number of nitro benzene ring substituents is 1. The van der Waals surface area contributed by atoms with E-state index in [1.807, 2.05) is 12.1 Å². The molecule has 1 amide bonds. The Balaban J connectivity index is 1.48. The maximum atomic E-state index is 13.3. The van der Waals surface area contributed by atoms with E-state index in [9.17, 15) is 19.7 Å². The van der Waals surface area contributed by atoms with Crippen LogP contribution in [0.25, 0.3) is 10.9 Å². The number of aromatic nitrogens is 2. The number of nitro groups is 1. The molecule has 170 valence electrons. The standard InChI is InChI=1S/C23H16ClN5O5/c24-15-5-3-14(4-6-15)19-11-20(21-2-1-9-34-21)28(26-19)22(30)12-27-13-25-18-8-7-16(29(32)33)10-17(18)23(27)31/h1-10,13,20H,11-12H2/t20-/m0/s1. The number of halogens is 1. The predicted octanol–water partition coefficient (Wildman–Crippen LogP) is 3.93. The molecule has 0 unspecified atom stereocenters. The van der Waals surface area contributed by atoms with Crippen molar-refractivity contribution in [1.29, 1.82) is 0 Å². The Labute approximate surface area is 196 Å². The van der Waals surface area contributed by atoms with E-state index in [0.29, 0.717) is 28.4 Å². The van der Waals surface area contributed by atoms with Gasteiger partial charge in [0, 0.05) is 23.6 Å². The summed E-state index contributed by atoms with van der Waals surface area (Å²) in [5.41, 5.74) is 0.999. The fraction of sp³-hybridized carbons (Fsp3) is 0.130. The number of benzene rings is 2. The minimum atomic E-state index is -0.591. The monoisotopic (exact) mass is 477 g/mol. The average Bonchev–Trinajstić information content (AvgIpc) is 3.51. The van der Waals surface area contributed by atoms with E-state index in [0.717, 1.165) is 16.2 Å². The van der Waals surface area contributed by atoms with Crippen LogP contribution in [0.4, 0.5) is 5.69 Å². The highest BCUT2D eigenvalue weighted by Crippen LogP contribution is 2.33. The molecule has 1 aliphatic heterocycles. The van der Waals surface area contributed by atoms with Gasteiger partial charge in [0.15, 0.2) is 0 Å². The van der Waals surface area contributed by atoms with Gasteiger partial charge in [-0.1, -0.05) is 23.7 Å². The van der Waals surface area contributed by atoms with Gasteiger partial charge >= 0.3 is 0 Å². The number of nitrogens with zero attached hydrogens (tertiary/aromatic N) is 5. The van der Waals surface area contributed by atoms with Gasteiger partial charge < -0.3 is 4.42 Å². The van der Waals surface area contributed by atoms with Crippen LogP contribution in [-0.2, 0) is 11.3 Å². The van der Waals surface area contributed by atoms with Gasteiger partial charge in [0.2, 0.25) is 0 Å². The van der Waals surface area contributed by atoms with Crippen molar-refractivity contribution in [3.05, 3.63) is 104 Å². The molecular weight excluding hydrogens is 462 g/mol. The fourth-order valence-electron chi connectivity index (χ4n) is 3.85. The van der Waals surface area contributed by atoms with Gasteiger partial charge in [-0.05, 0) is 35.9 Å². The molecule has 0 spiro atoms. The molecule has 3 heterocycles. The summed E-state index contributed by atoms with van der Waals surface area (Å²) in [7, 11) is 0. The maximum absolute atomic E-state index is 13.3. The van der Waals surface area contributed by atoms with Gasteiger partial charge in [-0.25, -0.2) is 9.99 Å². The van der Waals surface area contributed by atoms with E-state index in [1.165, 1.54) is 29.7 Å². The Hall–Kier alpha value is -4.31. The molecule has 0 bridgehead atoms. The first kappa shape index (κ1) is 21.5. The van der Waals surface area contributed by atoms with Crippen molar-refractivity contribution >= 4 is 39.8 Å². The molecule has 2 aromatic heterocycles. The Morgan fingerprint density at radius 2 is 2.00 bits per heavy atom. The molecule has 0 radical (unpaired) electrons. The third-order valence-corrected chi connectivity index (χ3v) is 5.79. The van der Waals surface area contributed by atoms with Crippen LogP contribution in [0.1, 0.15) is 23.8 Å². The number of hydrogen-bond acceptors (Lipinski definition) is 7. The van der Waals surface area contributed by atoms with Crippen molar-refractivity contribution in [3.63, 3.8) is 0 Å². The van der Waals surface area contributed by atoms with Gasteiger partial charge in [0.25, 0.3) is 17.2 Å². The molecule has 1 atom stereocenters. The quantitative estimate of drug-likeness (QED) is 0.317. The van der Waals surface area contributed by atoms with Crippen molar-refractivity contribution in [2.24, 2.45) is 5.10 Å². The number of rotatable bonds is 5. The molecule has 0 N–H and O–H groups in total. The van der Waals surface area contributed by atoms with Crippen LogP contribution in [0, 0.1) is 10.1 Å². The zero-order valence-corrected chi connectivity index (χ0v) is 18.3. The highest BCUT2D eigenvalue weighted by molar-refractivity contribution is 6.30. The molecule has 0 saturated carbocycles. The first-order valence-electron chi connectivity index (χ1n) is 10.2. The number of furan rings is 1. The van der Waals surface area contributed by atoms with Crippen LogP contribution in [0.3, 0.4) is 0 Å². The lowest BCUT2D eigenvalue weighted by Gasteiger charge is -2.20. The van der Waals surface area contributed by atoms with Crippen molar-refractivity contribution in [2.75, 3.05) is 0 Å². The summed E-state index contributed by atoms with van der Waals surface area (Å²) in [4.78, 5) is 40.9. The number of amides is 1. The van der Waals surface area contributed by atoms with Crippen LogP contribution < -0.4 is 5.56 Å². The third-order valence-electron chi connectivity index (χ3n) is 5.54. The summed E-state index contributed by atoms with van der Waals surface area (Å²) in [6, 6.07) is 13.9. The first-order chi connectivity index (χ1) is 16.4. The van der Waals surface area contributed by atoms with E-state index in [2.05, 4.69) is 10.1 Å². The third kappa shape index (κ3) is 3.95. The highest BCUT2D eigenvalue weighted by atomic mass is 35.5. The number of carbonyl (C=O) groups excluding carboxylic acids is 1. The van der Waals surface area contributed by atoms with E-state index in [4.69, 9.17) is 16.0 Å². The lowest BCUT2D eigenvalue weighted by molar-refractivity contribution is -0.384. The number of hydrazone groups is 1. The van der Waals surface area contributed by atoms with Gasteiger partial charge in [-0.3, -0.25) is 24.3 Å². The zero-order chi connectivity index (χ0) is 23.8. The lowest BCUT2D eigenvalue weighted by Crippen LogP contribution is -2.34. The van der Waals surface area contributed by atoms with Crippen molar-refractivity contribution in [2.45, 2.75) is 19.0 Å². The van der Waals surface area contributed by atoms with E-state index < -0.39 is 22.4 Å².